The highest BCUT2D eigenvalue weighted by Crippen LogP contribution is 2.25. The lowest BCUT2D eigenvalue weighted by molar-refractivity contribution is -0.0223. The van der Waals surface area contributed by atoms with E-state index in [4.69, 9.17) is 62.6 Å². The summed E-state index contributed by atoms with van der Waals surface area (Å²) in [5, 5.41) is 17.0. The summed E-state index contributed by atoms with van der Waals surface area (Å²) in [7, 11) is -4.64. The number of aliphatic hydroxyl groups excluding tert-OH is 2. The van der Waals surface area contributed by atoms with Crippen LogP contribution in [-0.4, -0.2) is 131 Å². The molecule has 184 valence electrons. The number of aliphatic hydroxyl groups is 2. The first-order chi connectivity index (χ1) is 14.4. The zero-order chi connectivity index (χ0) is 22.8. The molecule has 0 aromatic rings. The molecule has 0 rings (SSSR count). The molecule has 0 unspecified atom stereocenters. The van der Waals surface area contributed by atoms with E-state index >= 15 is 0 Å². The van der Waals surface area contributed by atoms with Crippen LogP contribution in [0.25, 0.3) is 0 Å². The van der Waals surface area contributed by atoms with Gasteiger partial charge >= 0.3 is 7.82 Å². The van der Waals surface area contributed by atoms with Crippen LogP contribution in [0.3, 0.4) is 0 Å². The second-order valence-electron chi connectivity index (χ2n) is 5.25. The molecule has 0 aliphatic rings. The van der Waals surface area contributed by atoms with Gasteiger partial charge in [-0.1, -0.05) is 0 Å². The Labute approximate surface area is 177 Å². The first-order valence-corrected chi connectivity index (χ1v) is 11.0. The summed E-state index contributed by atoms with van der Waals surface area (Å²) in [5.74, 6) is 0. The van der Waals surface area contributed by atoms with E-state index in [1.54, 1.807) is 0 Å². The van der Waals surface area contributed by atoms with Crippen LogP contribution < -0.4 is 0 Å². The summed E-state index contributed by atoms with van der Waals surface area (Å²) < 4.78 is 45.6. The average molecular weight is 468 g/mol. The zero-order valence-electron chi connectivity index (χ0n) is 17.3. The Kier molecular flexibility index (Phi) is 28.5. The molecule has 0 aromatic heterocycles. The Morgan fingerprint density at radius 3 is 0.667 bits per heavy atom. The Morgan fingerprint density at radius 2 is 0.533 bits per heavy atom. The fraction of sp³-hybridized carbons (Fsp3) is 1.00. The van der Waals surface area contributed by atoms with Crippen LogP contribution in [0.5, 0.6) is 0 Å². The van der Waals surface area contributed by atoms with Crippen molar-refractivity contribution in [2.24, 2.45) is 0 Å². The second kappa shape index (κ2) is 26.8. The highest BCUT2D eigenvalue weighted by Gasteiger charge is 2.00. The minimum absolute atomic E-state index is 0.0312. The number of phosphoric acid groups is 1. The molecule has 30 heavy (non-hydrogen) atoms. The standard InChI is InChI=1S/C16H34O9.H3O4P/c17-1-3-19-5-7-21-9-11-23-13-15-25-16-14-24-12-10-22-8-6-20-4-2-18;1-5(2,3)4/h17-18H,1-16H2;(H3,1,2,3,4). The smallest absolute Gasteiger partial charge is 0.394 e. The third-order valence-electron chi connectivity index (χ3n) is 2.70. The van der Waals surface area contributed by atoms with Crippen LogP contribution in [-0.2, 0) is 37.7 Å². The van der Waals surface area contributed by atoms with Crippen molar-refractivity contribution in [3.8, 4) is 0 Å². The molecule has 0 atom stereocenters. The van der Waals surface area contributed by atoms with Gasteiger partial charge in [0.1, 0.15) is 0 Å². The molecule has 0 aromatic carbocycles. The maximum atomic E-state index is 8.88. The molecule has 0 fully saturated rings. The van der Waals surface area contributed by atoms with Crippen molar-refractivity contribution < 1.29 is 62.6 Å². The maximum absolute atomic E-state index is 8.88. The van der Waals surface area contributed by atoms with E-state index in [0.29, 0.717) is 92.5 Å². The average Bonchev–Trinajstić information content (AvgIpc) is 2.68. The molecule has 0 aliphatic carbocycles. The van der Waals surface area contributed by atoms with E-state index in [2.05, 4.69) is 0 Å². The summed E-state index contributed by atoms with van der Waals surface area (Å²) in [5.41, 5.74) is 0. The first-order valence-electron chi connectivity index (χ1n) is 9.46. The SMILES string of the molecule is O=P(O)(O)O.OCCOCCOCCOCCOCCOCCOCCOCCO. The normalized spacial score (nSPS) is 11.4. The summed E-state index contributed by atoms with van der Waals surface area (Å²) in [4.78, 5) is 21.6. The van der Waals surface area contributed by atoms with Gasteiger partial charge in [-0.15, -0.1) is 0 Å². The van der Waals surface area contributed by atoms with Gasteiger partial charge in [-0.2, -0.15) is 0 Å². The number of hydrogen-bond acceptors (Lipinski definition) is 10. The number of ether oxygens (including phenoxy) is 7. The van der Waals surface area contributed by atoms with E-state index in [0.717, 1.165) is 0 Å². The third kappa shape index (κ3) is 42.0. The Bertz CT molecular complexity index is 326. The molecule has 0 heterocycles. The molecule has 0 bridgehead atoms. The van der Waals surface area contributed by atoms with Gasteiger partial charge < -0.3 is 58.1 Å². The minimum atomic E-state index is -4.64. The van der Waals surface area contributed by atoms with Crippen molar-refractivity contribution in [2.75, 3.05) is 106 Å². The predicted octanol–water partition coefficient (Wildman–Crippen LogP) is -1.84. The molecule has 0 aliphatic heterocycles. The van der Waals surface area contributed by atoms with Crippen LogP contribution in [0, 0.1) is 0 Å². The highest BCUT2D eigenvalue weighted by molar-refractivity contribution is 7.45. The summed E-state index contributed by atoms with van der Waals surface area (Å²) in [6.45, 7) is 6.80. The lowest BCUT2D eigenvalue weighted by Crippen LogP contribution is -2.14. The monoisotopic (exact) mass is 468 g/mol. The van der Waals surface area contributed by atoms with Gasteiger partial charge in [0.05, 0.1) is 106 Å². The van der Waals surface area contributed by atoms with E-state index < -0.39 is 7.82 Å². The van der Waals surface area contributed by atoms with E-state index in [1.165, 1.54) is 0 Å². The van der Waals surface area contributed by atoms with Crippen molar-refractivity contribution in [3.63, 3.8) is 0 Å². The van der Waals surface area contributed by atoms with Crippen molar-refractivity contribution in [1.82, 2.24) is 0 Å². The molecule has 0 saturated heterocycles. The van der Waals surface area contributed by atoms with E-state index in [9.17, 15) is 0 Å². The number of rotatable bonds is 22. The molecule has 0 spiro atoms. The first kappa shape index (κ1) is 31.9. The molecule has 0 radical (unpaired) electrons. The molecule has 0 saturated carbocycles. The lowest BCUT2D eigenvalue weighted by Gasteiger charge is -2.08. The van der Waals surface area contributed by atoms with Crippen molar-refractivity contribution in [2.45, 2.75) is 0 Å². The molecule has 13 nitrogen and oxygen atoms in total. The Hall–Kier alpha value is -0.250. The van der Waals surface area contributed by atoms with E-state index in [-0.39, 0.29) is 13.2 Å². The van der Waals surface area contributed by atoms with Gasteiger partial charge in [0.25, 0.3) is 0 Å². The molecule has 14 heteroatoms. The summed E-state index contributed by atoms with van der Waals surface area (Å²) >= 11 is 0. The predicted molar refractivity (Wildman–Crippen MR) is 104 cm³/mol. The van der Waals surface area contributed by atoms with Crippen LogP contribution in [0.4, 0.5) is 0 Å². The largest absolute Gasteiger partial charge is 0.466 e. The Morgan fingerprint density at radius 1 is 0.400 bits per heavy atom. The number of hydrogen-bond donors (Lipinski definition) is 5. The van der Waals surface area contributed by atoms with Gasteiger partial charge in [0, 0.05) is 0 Å². The minimum Gasteiger partial charge on any atom is -0.394 e. The van der Waals surface area contributed by atoms with Gasteiger partial charge in [0.2, 0.25) is 0 Å². The van der Waals surface area contributed by atoms with Gasteiger partial charge in [0.15, 0.2) is 0 Å². The van der Waals surface area contributed by atoms with Crippen molar-refractivity contribution in [1.29, 1.82) is 0 Å². The van der Waals surface area contributed by atoms with E-state index in [1.807, 2.05) is 0 Å². The fourth-order valence-electron chi connectivity index (χ4n) is 1.55. The summed E-state index contributed by atoms with van der Waals surface area (Å²) in [6.07, 6.45) is 0. The van der Waals surface area contributed by atoms with Crippen LogP contribution in [0.1, 0.15) is 0 Å². The summed E-state index contributed by atoms with van der Waals surface area (Å²) in [6, 6.07) is 0. The van der Waals surface area contributed by atoms with Crippen LogP contribution in [0.15, 0.2) is 0 Å². The quantitative estimate of drug-likeness (QED) is 0.0883. The molecular formula is C16H37O13P. The second-order valence-corrected chi connectivity index (χ2v) is 6.27. The molecule has 5 N–H and O–H groups in total. The maximum Gasteiger partial charge on any atom is 0.466 e. The zero-order valence-corrected chi connectivity index (χ0v) is 18.2. The van der Waals surface area contributed by atoms with Gasteiger partial charge in [-0.3, -0.25) is 0 Å². The topological polar surface area (TPSA) is 183 Å². The molecule has 0 amide bonds. The lowest BCUT2D eigenvalue weighted by atomic mass is 10.6. The Balaban J connectivity index is 0. The third-order valence-corrected chi connectivity index (χ3v) is 2.70. The van der Waals surface area contributed by atoms with Crippen LogP contribution in [0.2, 0.25) is 0 Å². The van der Waals surface area contributed by atoms with Crippen molar-refractivity contribution >= 4 is 7.82 Å². The van der Waals surface area contributed by atoms with Gasteiger partial charge in [-0.25, -0.2) is 4.57 Å². The molecular weight excluding hydrogens is 431 g/mol. The highest BCUT2D eigenvalue weighted by atomic mass is 31.2. The van der Waals surface area contributed by atoms with Crippen LogP contribution >= 0.6 is 7.82 Å². The van der Waals surface area contributed by atoms with Crippen molar-refractivity contribution in [3.05, 3.63) is 0 Å². The fourth-order valence-corrected chi connectivity index (χ4v) is 1.55. The van der Waals surface area contributed by atoms with Gasteiger partial charge in [-0.05, 0) is 0 Å².